The molecule has 0 radical (unpaired) electrons. The van der Waals surface area contributed by atoms with Crippen molar-refractivity contribution in [1.29, 1.82) is 0 Å². The number of hydrogen-bond acceptors (Lipinski definition) is 6. The van der Waals surface area contributed by atoms with Gasteiger partial charge in [-0.05, 0) is 37.8 Å². The predicted molar refractivity (Wildman–Crippen MR) is 110 cm³/mol. The molecule has 160 valence electrons. The van der Waals surface area contributed by atoms with Gasteiger partial charge in [0.05, 0.1) is 13.2 Å². The van der Waals surface area contributed by atoms with Gasteiger partial charge in [0, 0.05) is 0 Å². The van der Waals surface area contributed by atoms with Crippen LogP contribution in [-0.4, -0.2) is 43.7 Å². The molecule has 1 aromatic carbocycles. The van der Waals surface area contributed by atoms with Gasteiger partial charge in [0.1, 0.15) is 0 Å². The van der Waals surface area contributed by atoms with E-state index in [-0.39, 0.29) is 13.2 Å². The molecule has 1 saturated heterocycles. The Morgan fingerprint density at radius 3 is 2.00 bits per heavy atom. The van der Waals surface area contributed by atoms with Crippen LogP contribution in [0.5, 0.6) is 0 Å². The van der Waals surface area contributed by atoms with E-state index < -0.39 is 30.4 Å². The van der Waals surface area contributed by atoms with Crippen LogP contribution in [0.15, 0.2) is 35.9 Å². The van der Waals surface area contributed by atoms with Crippen molar-refractivity contribution in [2.24, 2.45) is 0 Å². The van der Waals surface area contributed by atoms with Crippen molar-refractivity contribution in [3.63, 3.8) is 0 Å². The molecule has 1 aliphatic heterocycles. The first-order valence-electron chi connectivity index (χ1n) is 10.5. The fourth-order valence-electron chi connectivity index (χ4n) is 3.20. The SMILES string of the molecule is CCCCCC/C(=C/c1ccccc1)C1O[C@@H](C(=O)OCC)[C@H](C(=O)OCC)O1. The Kier molecular flexibility index (Phi) is 9.88. The summed E-state index contributed by atoms with van der Waals surface area (Å²) in [6, 6.07) is 9.85. The number of benzene rings is 1. The van der Waals surface area contributed by atoms with Gasteiger partial charge in [0.15, 0.2) is 18.5 Å². The molecule has 0 bridgehead atoms. The Bertz CT molecular complexity index is 643. The second kappa shape index (κ2) is 12.4. The molecule has 6 heteroatoms. The van der Waals surface area contributed by atoms with Crippen LogP contribution in [-0.2, 0) is 28.5 Å². The average molecular weight is 405 g/mol. The molecule has 1 aliphatic rings. The lowest BCUT2D eigenvalue weighted by Gasteiger charge is -2.15. The van der Waals surface area contributed by atoms with Crippen LogP contribution in [0.25, 0.3) is 6.08 Å². The topological polar surface area (TPSA) is 71.1 Å². The van der Waals surface area contributed by atoms with Crippen molar-refractivity contribution in [3.05, 3.63) is 41.5 Å². The fourth-order valence-corrected chi connectivity index (χ4v) is 3.20. The van der Waals surface area contributed by atoms with Gasteiger partial charge in [-0.3, -0.25) is 0 Å². The Hall–Kier alpha value is -2.18. The molecule has 6 nitrogen and oxygen atoms in total. The molecule has 0 saturated carbocycles. The Balaban J connectivity index is 2.22. The van der Waals surface area contributed by atoms with E-state index in [1.54, 1.807) is 13.8 Å². The summed E-state index contributed by atoms with van der Waals surface area (Å²) in [4.78, 5) is 24.7. The van der Waals surface area contributed by atoms with Crippen LogP contribution in [0.4, 0.5) is 0 Å². The van der Waals surface area contributed by atoms with E-state index in [2.05, 4.69) is 6.92 Å². The van der Waals surface area contributed by atoms with Crippen molar-refractivity contribution in [1.82, 2.24) is 0 Å². The maximum absolute atomic E-state index is 12.3. The van der Waals surface area contributed by atoms with E-state index in [0.29, 0.717) is 0 Å². The zero-order valence-corrected chi connectivity index (χ0v) is 17.6. The number of unbranched alkanes of at least 4 members (excludes halogenated alkanes) is 3. The second-order valence-electron chi connectivity index (χ2n) is 6.89. The zero-order valence-electron chi connectivity index (χ0n) is 17.6. The van der Waals surface area contributed by atoms with Gasteiger partial charge in [-0.2, -0.15) is 0 Å². The summed E-state index contributed by atoms with van der Waals surface area (Å²) < 4.78 is 21.9. The largest absolute Gasteiger partial charge is 0.464 e. The first kappa shape index (κ1) is 23.1. The summed E-state index contributed by atoms with van der Waals surface area (Å²) >= 11 is 0. The lowest BCUT2D eigenvalue weighted by atomic mass is 10.0. The Morgan fingerprint density at radius 1 is 0.897 bits per heavy atom. The van der Waals surface area contributed by atoms with Crippen LogP contribution in [0.1, 0.15) is 58.4 Å². The van der Waals surface area contributed by atoms with Crippen LogP contribution in [0, 0.1) is 0 Å². The number of ether oxygens (including phenoxy) is 4. The molecule has 0 unspecified atom stereocenters. The summed E-state index contributed by atoms with van der Waals surface area (Å²) in [5.74, 6) is -1.23. The van der Waals surface area contributed by atoms with Crippen LogP contribution >= 0.6 is 0 Å². The smallest absolute Gasteiger partial charge is 0.338 e. The van der Waals surface area contributed by atoms with E-state index in [4.69, 9.17) is 18.9 Å². The molecular weight excluding hydrogens is 372 g/mol. The number of carbonyl (C=O) groups excluding carboxylic acids is 2. The standard InChI is InChI=1S/C23H32O6/c1-4-7-8-12-15-18(16-17-13-10-9-11-14-17)23-28-19(21(24)26-5-2)20(29-23)22(25)27-6-3/h9-11,13-14,16,19-20,23H,4-8,12,15H2,1-3H3/b18-16-/t19-,20-/m1/s1. The van der Waals surface area contributed by atoms with Crippen molar-refractivity contribution in [2.45, 2.75) is 71.4 Å². The minimum Gasteiger partial charge on any atom is -0.464 e. The molecule has 1 fully saturated rings. The first-order chi connectivity index (χ1) is 14.1. The molecule has 0 aliphatic carbocycles. The highest BCUT2D eigenvalue weighted by molar-refractivity contribution is 5.86. The normalized spacial score (nSPS) is 19.9. The molecule has 0 N–H and O–H groups in total. The Labute approximate surface area is 173 Å². The fraction of sp³-hybridized carbons (Fsp3) is 0.565. The van der Waals surface area contributed by atoms with Gasteiger partial charge in [-0.1, -0.05) is 62.6 Å². The van der Waals surface area contributed by atoms with E-state index >= 15 is 0 Å². The molecule has 2 rings (SSSR count). The summed E-state index contributed by atoms with van der Waals surface area (Å²) in [7, 11) is 0. The second-order valence-corrected chi connectivity index (χ2v) is 6.89. The Morgan fingerprint density at radius 2 is 1.48 bits per heavy atom. The van der Waals surface area contributed by atoms with E-state index in [0.717, 1.165) is 43.2 Å². The summed E-state index contributed by atoms with van der Waals surface area (Å²) in [5.41, 5.74) is 1.91. The van der Waals surface area contributed by atoms with Gasteiger partial charge in [-0.25, -0.2) is 9.59 Å². The lowest BCUT2D eigenvalue weighted by molar-refractivity contribution is -0.163. The first-order valence-corrected chi connectivity index (χ1v) is 10.5. The molecule has 1 aromatic rings. The molecule has 29 heavy (non-hydrogen) atoms. The van der Waals surface area contributed by atoms with E-state index in [9.17, 15) is 9.59 Å². The quantitative estimate of drug-likeness (QED) is 0.405. The summed E-state index contributed by atoms with van der Waals surface area (Å²) in [6.45, 7) is 5.97. The maximum Gasteiger partial charge on any atom is 0.338 e. The van der Waals surface area contributed by atoms with Gasteiger partial charge >= 0.3 is 11.9 Å². The molecule has 0 amide bonds. The van der Waals surface area contributed by atoms with Crippen molar-refractivity contribution in [3.8, 4) is 0 Å². The molecule has 0 aromatic heterocycles. The zero-order chi connectivity index (χ0) is 21.1. The minimum atomic E-state index is -1.13. The van der Waals surface area contributed by atoms with Gasteiger partial charge in [-0.15, -0.1) is 0 Å². The lowest BCUT2D eigenvalue weighted by Crippen LogP contribution is -2.39. The number of esters is 2. The third-order valence-corrected chi connectivity index (χ3v) is 4.63. The van der Waals surface area contributed by atoms with Gasteiger partial charge in [0.25, 0.3) is 0 Å². The van der Waals surface area contributed by atoms with Crippen molar-refractivity contribution < 1.29 is 28.5 Å². The highest BCUT2D eigenvalue weighted by Gasteiger charge is 2.47. The minimum absolute atomic E-state index is 0.197. The molecular formula is C23H32O6. The van der Waals surface area contributed by atoms with Crippen LogP contribution in [0.3, 0.4) is 0 Å². The number of hydrogen-bond donors (Lipinski definition) is 0. The summed E-state index contributed by atoms with van der Waals surface area (Å²) in [5, 5.41) is 0. The predicted octanol–water partition coefficient (Wildman–Crippen LogP) is 4.28. The van der Waals surface area contributed by atoms with Gasteiger partial charge in [0.2, 0.25) is 0 Å². The van der Waals surface area contributed by atoms with Crippen LogP contribution < -0.4 is 0 Å². The van der Waals surface area contributed by atoms with Crippen molar-refractivity contribution in [2.75, 3.05) is 13.2 Å². The number of carbonyl (C=O) groups is 2. The summed E-state index contributed by atoms with van der Waals surface area (Å²) in [6.07, 6.45) is 4.08. The highest BCUT2D eigenvalue weighted by atomic mass is 16.8. The molecule has 0 spiro atoms. The molecule has 1 heterocycles. The van der Waals surface area contributed by atoms with Crippen molar-refractivity contribution >= 4 is 18.0 Å². The van der Waals surface area contributed by atoms with Gasteiger partial charge < -0.3 is 18.9 Å². The number of rotatable bonds is 11. The van der Waals surface area contributed by atoms with E-state index in [1.165, 1.54) is 0 Å². The third-order valence-electron chi connectivity index (χ3n) is 4.63. The van der Waals surface area contributed by atoms with E-state index in [1.807, 2.05) is 36.4 Å². The molecule has 2 atom stereocenters. The maximum atomic E-state index is 12.3. The third kappa shape index (κ3) is 6.98. The highest BCUT2D eigenvalue weighted by Crippen LogP contribution is 2.30. The van der Waals surface area contributed by atoms with Crippen LogP contribution in [0.2, 0.25) is 0 Å². The monoisotopic (exact) mass is 404 g/mol. The average Bonchev–Trinajstić information content (AvgIpc) is 3.17.